The van der Waals surface area contributed by atoms with Crippen LogP contribution in [0, 0.1) is 0 Å². The number of carbonyl (C=O) groups excluding carboxylic acids is 1. The Hall–Kier alpha value is -1.01. The Morgan fingerprint density at radius 3 is 2.61 bits per heavy atom. The van der Waals surface area contributed by atoms with E-state index in [0.29, 0.717) is 12.2 Å². The van der Waals surface area contributed by atoms with Crippen molar-refractivity contribution in [3.05, 3.63) is 18.5 Å². The van der Waals surface area contributed by atoms with E-state index in [4.69, 9.17) is 0 Å². The van der Waals surface area contributed by atoms with E-state index in [9.17, 15) is 4.79 Å². The Labute approximate surface area is 113 Å². The average molecular weight is 268 g/mol. The van der Waals surface area contributed by atoms with E-state index in [-0.39, 0.29) is 5.91 Å². The minimum atomic E-state index is 0.233. The van der Waals surface area contributed by atoms with Gasteiger partial charge in [-0.05, 0) is 11.8 Å². The van der Waals surface area contributed by atoms with Crippen LogP contribution >= 0.6 is 12.6 Å². The van der Waals surface area contributed by atoms with Crippen LogP contribution in [0.15, 0.2) is 18.5 Å². The van der Waals surface area contributed by atoms with E-state index in [0.717, 1.165) is 39.3 Å². The van der Waals surface area contributed by atoms with Crippen LogP contribution in [0.5, 0.6) is 0 Å². The Morgan fingerprint density at radius 1 is 1.22 bits per heavy atom. The van der Waals surface area contributed by atoms with Crippen LogP contribution in [0.3, 0.4) is 0 Å². The molecule has 1 aliphatic rings. The Bertz CT molecular complexity index is 360. The van der Waals surface area contributed by atoms with Crippen molar-refractivity contribution in [3.63, 3.8) is 0 Å². The Morgan fingerprint density at radius 2 is 2.00 bits per heavy atom. The molecule has 1 aromatic heterocycles. The molecule has 1 aromatic rings. The van der Waals surface area contributed by atoms with Gasteiger partial charge in [0, 0.05) is 51.5 Å². The molecule has 0 unspecified atom stereocenters. The second kappa shape index (κ2) is 6.80. The number of carbonyl (C=O) groups is 1. The maximum atomic E-state index is 11.7. The molecule has 1 aliphatic heterocycles. The van der Waals surface area contributed by atoms with Gasteiger partial charge in [0.2, 0.25) is 5.91 Å². The zero-order valence-electron chi connectivity index (χ0n) is 10.5. The molecule has 0 bridgehead atoms. The summed E-state index contributed by atoms with van der Waals surface area (Å²) in [7, 11) is 0. The summed E-state index contributed by atoms with van der Waals surface area (Å²) in [5, 5.41) is 4.19. The molecule has 6 heteroatoms. The van der Waals surface area contributed by atoms with Crippen molar-refractivity contribution in [2.45, 2.75) is 13.0 Å². The highest BCUT2D eigenvalue weighted by atomic mass is 32.1. The van der Waals surface area contributed by atoms with E-state index in [1.807, 2.05) is 21.8 Å². The lowest BCUT2D eigenvalue weighted by Crippen LogP contribution is -2.49. The number of aromatic nitrogens is 2. The first-order valence-corrected chi connectivity index (χ1v) is 7.01. The van der Waals surface area contributed by atoms with Gasteiger partial charge in [-0.2, -0.15) is 17.7 Å². The third-order valence-electron chi connectivity index (χ3n) is 3.26. The lowest BCUT2D eigenvalue weighted by atomic mass is 10.3. The average Bonchev–Trinajstić information content (AvgIpc) is 2.90. The monoisotopic (exact) mass is 268 g/mol. The Kier molecular flexibility index (Phi) is 5.07. The summed E-state index contributed by atoms with van der Waals surface area (Å²) >= 11 is 4.10. The van der Waals surface area contributed by atoms with Gasteiger partial charge in [-0.15, -0.1) is 0 Å². The number of amides is 1. The molecule has 5 nitrogen and oxygen atoms in total. The fourth-order valence-corrected chi connectivity index (χ4v) is 2.34. The molecule has 0 saturated carbocycles. The lowest BCUT2D eigenvalue weighted by Gasteiger charge is -2.34. The van der Waals surface area contributed by atoms with Gasteiger partial charge >= 0.3 is 0 Å². The van der Waals surface area contributed by atoms with E-state index in [1.54, 1.807) is 6.20 Å². The van der Waals surface area contributed by atoms with E-state index >= 15 is 0 Å². The number of hydrogen-bond donors (Lipinski definition) is 1. The summed E-state index contributed by atoms with van der Waals surface area (Å²) in [4.78, 5) is 16.0. The van der Waals surface area contributed by atoms with Gasteiger partial charge in [-0.3, -0.25) is 14.4 Å². The molecule has 0 spiro atoms. The second-order valence-electron chi connectivity index (χ2n) is 4.47. The van der Waals surface area contributed by atoms with Gasteiger partial charge in [-0.25, -0.2) is 0 Å². The molecular formula is C12H20N4OS. The summed E-state index contributed by atoms with van der Waals surface area (Å²) in [5.74, 6) is 0.870. The summed E-state index contributed by atoms with van der Waals surface area (Å²) < 4.78 is 1.94. The van der Waals surface area contributed by atoms with Crippen LogP contribution in [0.4, 0.5) is 0 Å². The maximum absolute atomic E-state index is 11.7. The Balaban J connectivity index is 1.68. The number of piperazine rings is 1. The van der Waals surface area contributed by atoms with Crippen LogP contribution in [0.25, 0.3) is 0 Å². The van der Waals surface area contributed by atoms with Crippen molar-refractivity contribution >= 4 is 18.5 Å². The zero-order chi connectivity index (χ0) is 12.8. The minimum absolute atomic E-state index is 0.233. The first-order valence-electron chi connectivity index (χ1n) is 6.38. The number of nitrogens with zero attached hydrogens (tertiary/aromatic N) is 4. The first-order chi connectivity index (χ1) is 8.79. The van der Waals surface area contributed by atoms with Crippen LogP contribution in [0.1, 0.15) is 6.42 Å². The molecule has 0 radical (unpaired) electrons. The molecule has 1 fully saturated rings. The first kappa shape index (κ1) is 13.4. The molecule has 2 heterocycles. The number of thiol groups is 1. The van der Waals surface area contributed by atoms with Gasteiger partial charge in [-0.1, -0.05) is 0 Å². The van der Waals surface area contributed by atoms with Crippen LogP contribution in [-0.4, -0.2) is 64.0 Å². The molecule has 18 heavy (non-hydrogen) atoms. The van der Waals surface area contributed by atoms with Crippen molar-refractivity contribution < 1.29 is 4.79 Å². The summed E-state index contributed by atoms with van der Waals surface area (Å²) in [6, 6.07) is 1.94. The molecule has 1 amide bonds. The topological polar surface area (TPSA) is 41.4 Å². The minimum Gasteiger partial charge on any atom is -0.340 e. The van der Waals surface area contributed by atoms with Crippen molar-refractivity contribution in [2.75, 3.05) is 38.5 Å². The third kappa shape index (κ3) is 3.74. The smallest absolute Gasteiger partial charge is 0.223 e. The standard InChI is InChI=1S/C12H20N4OS/c17-12(2-11-18)15-8-5-14(6-9-15)7-10-16-4-1-3-13-16/h1,3-4,18H,2,5-11H2. The molecule has 2 rings (SSSR count). The van der Waals surface area contributed by atoms with Gasteiger partial charge in [0.1, 0.15) is 0 Å². The van der Waals surface area contributed by atoms with Gasteiger partial charge in [0.25, 0.3) is 0 Å². The van der Waals surface area contributed by atoms with Crippen molar-refractivity contribution in [2.24, 2.45) is 0 Å². The van der Waals surface area contributed by atoms with Gasteiger partial charge in [0.05, 0.1) is 6.54 Å². The maximum Gasteiger partial charge on any atom is 0.223 e. The molecule has 1 saturated heterocycles. The highest BCUT2D eigenvalue weighted by Gasteiger charge is 2.19. The highest BCUT2D eigenvalue weighted by Crippen LogP contribution is 2.04. The number of hydrogen-bond acceptors (Lipinski definition) is 4. The van der Waals surface area contributed by atoms with Crippen molar-refractivity contribution in [3.8, 4) is 0 Å². The van der Waals surface area contributed by atoms with Gasteiger partial charge in [0.15, 0.2) is 0 Å². The third-order valence-corrected chi connectivity index (χ3v) is 3.48. The summed E-state index contributed by atoms with van der Waals surface area (Å²) in [5.41, 5.74) is 0. The van der Waals surface area contributed by atoms with Crippen LogP contribution in [0.2, 0.25) is 0 Å². The van der Waals surface area contributed by atoms with Crippen molar-refractivity contribution in [1.82, 2.24) is 19.6 Å². The zero-order valence-corrected chi connectivity index (χ0v) is 11.4. The second-order valence-corrected chi connectivity index (χ2v) is 4.91. The lowest BCUT2D eigenvalue weighted by molar-refractivity contribution is -0.132. The predicted octanol–water partition coefficient (Wildman–Crippen LogP) is 0.347. The van der Waals surface area contributed by atoms with Crippen molar-refractivity contribution in [1.29, 1.82) is 0 Å². The highest BCUT2D eigenvalue weighted by molar-refractivity contribution is 7.80. The molecule has 0 atom stereocenters. The van der Waals surface area contributed by atoms with E-state index < -0.39 is 0 Å². The molecule has 0 aliphatic carbocycles. The largest absolute Gasteiger partial charge is 0.340 e. The normalized spacial score (nSPS) is 17.1. The molecule has 100 valence electrons. The summed E-state index contributed by atoms with van der Waals surface area (Å²) in [6.45, 7) is 5.50. The van der Waals surface area contributed by atoms with E-state index in [2.05, 4.69) is 22.6 Å². The van der Waals surface area contributed by atoms with Gasteiger partial charge < -0.3 is 4.90 Å². The van der Waals surface area contributed by atoms with E-state index in [1.165, 1.54) is 0 Å². The fraction of sp³-hybridized carbons (Fsp3) is 0.667. The SMILES string of the molecule is O=C(CCS)N1CCN(CCn2cccn2)CC1. The molecule has 0 N–H and O–H groups in total. The number of rotatable bonds is 5. The summed E-state index contributed by atoms with van der Waals surface area (Å²) in [6.07, 6.45) is 4.33. The molecular weight excluding hydrogens is 248 g/mol. The predicted molar refractivity (Wildman–Crippen MR) is 73.7 cm³/mol. The molecule has 0 aromatic carbocycles. The van der Waals surface area contributed by atoms with Crippen LogP contribution < -0.4 is 0 Å². The quantitative estimate of drug-likeness (QED) is 0.783. The van der Waals surface area contributed by atoms with Crippen LogP contribution in [-0.2, 0) is 11.3 Å². The fourth-order valence-electron chi connectivity index (χ4n) is 2.15.